The van der Waals surface area contributed by atoms with Gasteiger partial charge >= 0.3 is 0 Å². The predicted octanol–water partition coefficient (Wildman–Crippen LogP) is 1.12. The minimum atomic E-state index is -0.110. The Bertz CT molecular complexity index is 499. The molecular formula is C15H23N5O. The molecule has 3 aliphatic rings. The van der Waals surface area contributed by atoms with E-state index in [1.807, 2.05) is 0 Å². The summed E-state index contributed by atoms with van der Waals surface area (Å²) in [4.78, 5) is 23.2. The number of hydrogen-bond acceptors (Lipinski definition) is 5. The Labute approximate surface area is 125 Å². The SMILES string of the molecule is CCCNc1cncc(C(=O)NC2CN3CCC2CC3)n1. The fraction of sp³-hybridized carbons (Fsp3) is 0.667. The topological polar surface area (TPSA) is 70.2 Å². The summed E-state index contributed by atoms with van der Waals surface area (Å²) in [7, 11) is 0. The summed E-state index contributed by atoms with van der Waals surface area (Å²) in [5.74, 6) is 1.17. The van der Waals surface area contributed by atoms with Gasteiger partial charge < -0.3 is 15.5 Å². The second-order valence-electron chi connectivity index (χ2n) is 5.93. The first kappa shape index (κ1) is 14.3. The normalized spacial score (nSPS) is 27.4. The van der Waals surface area contributed by atoms with E-state index >= 15 is 0 Å². The molecule has 0 saturated carbocycles. The summed E-state index contributed by atoms with van der Waals surface area (Å²) in [5, 5.41) is 6.30. The maximum atomic E-state index is 12.4. The Morgan fingerprint density at radius 2 is 2.19 bits per heavy atom. The van der Waals surface area contributed by atoms with E-state index in [-0.39, 0.29) is 11.9 Å². The van der Waals surface area contributed by atoms with E-state index in [0.717, 1.165) is 19.5 Å². The Balaban J connectivity index is 1.62. The van der Waals surface area contributed by atoms with E-state index in [0.29, 0.717) is 17.4 Å². The van der Waals surface area contributed by atoms with E-state index < -0.39 is 0 Å². The molecule has 0 radical (unpaired) electrons. The van der Waals surface area contributed by atoms with Crippen molar-refractivity contribution in [2.24, 2.45) is 5.92 Å². The van der Waals surface area contributed by atoms with Crippen LogP contribution in [0.25, 0.3) is 0 Å². The molecule has 0 spiro atoms. The number of fused-ring (bicyclic) bond motifs is 3. The van der Waals surface area contributed by atoms with Gasteiger partial charge in [-0.05, 0) is 38.3 Å². The summed E-state index contributed by atoms with van der Waals surface area (Å²) < 4.78 is 0. The standard InChI is InChI=1S/C15H23N5O/c1-2-5-17-14-9-16-8-12(18-14)15(21)19-13-10-20-6-3-11(13)4-7-20/h8-9,11,13H,2-7,10H2,1H3,(H,17,18)(H,19,21). The number of carbonyl (C=O) groups is 1. The van der Waals surface area contributed by atoms with Gasteiger partial charge in [-0.15, -0.1) is 0 Å². The smallest absolute Gasteiger partial charge is 0.271 e. The molecule has 1 aromatic heterocycles. The maximum Gasteiger partial charge on any atom is 0.271 e. The van der Waals surface area contributed by atoms with Crippen molar-refractivity contribution in [2.75, 3.05) is 31.5 Å². The van der Waals surface area contributed by atoms with Crippen LogP contribution in [0.3, 0.4) is 0 Å². The van der Waals surface area contributed by atoms with E-state index in [1.165, 1.54) is 32.1 Å². The third kappa shape index (κ3) is 3.32. The van der Waals surface area contributed by atoms with Gasteiger partial charge in [0, 0.05) is 19.1 Å². The first-order chi connectivity index (χ1) is 10.3. The molecule has 21 heavy (non-hydrogen) atoms. The first-order valence-electron chi connectivity index (χ1n) is 7.85. The number of rotatable bonds is 5. The average molecular weight is 289 g/mol. The molecule has 6 nitrogen and oxygen atoms in total. The quantitative estimate of drug-likeness (QED) is 0.850. The molecule has 1 amide bonds. The molecule has 2 N–H and O–H groups in total. The van der Waals surface area contributed by atoms with E-state index in [1.54, 1.807) is 6.20 Å². The van der Waals surface area contributed by atoms with Crippen LogP contribution in [-0.4, -0.2) is 53.0 Å². The highest BCUT2D eigenvalue weighted by Crippen LogP contribution is 2.27. The van der Waals surface area contributed by atoms with Crippen LogP contribution in [0.2, 0.25) is 0 Å². The van der Waals surface area contributed by atoms with Gasteiger partial charge in [0.2, 0.25) is 0 Å². The molecular weight excluding hydrogens is 266 g/mol. The maximum absolute atomic E-state index is 12.4. The van der Waals surface area contributed by atoms with Gasteiger partial charge in [0.05, 0.1) is 12.4 Å². The molecule has 3 saturated heterocycles. The number of carbonyl (C=O) groups excluding carboxylic acids is 1. The van der Waals surface area contributed by atoms with Gasteiger partial charge in [-0.1, -0.05) is 6.92 Å². The lowest BCUT2D eigenvalue weighted by molar-refractivity contribution is 0.0617. The monoisotopic (exact) mass is 289 g/mol. The molecule has 3 aliphatic heterocycles. The molecule has 1 unspecified atom stereocenters. The number of amides is 1. The van der Waals surface area contributed by atoms with Gasteiger partial charge in [-0.3, -0.25) is 9.78 Å². The molecule has 0 aliphatic carbocycles. The highest BCUT2D eigenvalue weighted by atomic mass is 16.2. The minimum absolute atomic E-state index is 0.110. The van der Waals surface area contributed by atoms with Crippen LogP contribution < -0.4 is 10.6 Å². The van der Waals surface area contributed by atoms with Crippen LogP contribution in [-0.2, 0) is 0 Å². The van der Waals surface area contributed by atoms with E-state index in [2.05, 4.69) is 32.4 Å². The second-order valence-corrected chi connectivity index (χ2v) is 5.93. The number of piperidine rings is 3. The zero-order valence-electron chi connectivity index (χ0n) is 12.5. The van der Waals surface area contributed by atoms with Crippen LogP contribution >= 0.6 is 0 Å². The van der Waals surface area contributed by atoms with Crippen molar-refractivity contribution in [1.82, 2.24) is 20.2 Å². The zero-order valence-corrected chi connectivity index (χ0v) is 12.5. The molecule has 3 fully saturated rings. The molecule has 2 bridgehead atoms. The van der Waals surface area contributed by atoms with Gasteiger partial charge in [0.1, 0.15) is 11.5 Å². The van der Waals surface area contributed by atoms with Crippen LogP contribution in [0, 0.1) is 5.92 Å². The van der Waals surface area contributed by atoms with Crippen molar-refractivity contribution in [3.63, 3.8) is 0 Å². The minimum Gasteiger partial charge on any atom is -0.369 e. The molecule has 4 rings (SSSR count). The average Bonchev–Trinajstić information content (AvgIpc) is 2.54. The van der Waals surface area contributed by atoms with Crippen LogP contribution in [0.1, 0.15) is 36.7 Å². The van der Waals surface area contributed by atoms with Crippen LogP contribution in [0.5, 0.6) is 0 Å². The first-order valence-corrected chi connectivity index (χ1v) is 7.85. The Morgan fingerprint density at radius 3 is 2.86 bits per heavy atom. The third-order valence-corrected chi connectivity index (χ3v) is 4.40. The van der Waals surface area contributed by atoms with Gasteiger partial charge in [0.25, 0.3) is 5.91 Å². The third-order valence-electron chi connectivity index (χ3n) is 4.40. The van der Waals surface area contributed by atoms with Crippen molar-refractivity contribution in [3.8, 4) is 0 Å². The van der Waals surface area contributed by atoms with E-state index in [4.69, 9.17) is 0 Å². The van der Waals surface area contributed by atoms with Crippen molar-refractivity contribution in [2.45, 2.75) is 32.2 Å². The molecule has 4 heterocycles. The summed E-state index contributed by atoms with van der Waals surface area (Å²) in [6.07, 6.45) is 6.58. The van der Waals surface area contributed by atoms with Gasteiger partial charge in [-0.2, -0.15) is 0 Å². The van der Waals surface area contributed by atoms with Crippen molar-refractivity contribution in [3.05, 3.63) is 18.1 Å². The van der Waals surface area contributed by atoms with Crippen molar-refractivity contribution in [1.29, 1.82) is 0 Å². The molecule has 6 heteroatoms. The highest BCUT2D eigenvalue weighted by Gasteiger charge is 2.35. The van der Waals surface area contributed by atoms with E-state index in [9.17, 15) is 4.79 Å². The van der Waals surface area contributed by atoms with Gasteiger partial charge in [0.15, 0.2) is 0 Å². The van der Waals surface area contributed by atoms with Crippen molar-refractivity contribution >= 4 is 11.7 Å². The molecule has 1 aromatic rings. The largest absolute Gasteiger partial charge is 0.369 e. The lowest BCUT2D eigenvalue weighted by Crippen LogP contribution is -2.57. The molecule has 1 atom stereocenters. The highest BCUT2D eigenvalue weighted by molar-refractivity contribution is 5.92. The number of nitrogens with one attached hydrogen (secondary N) is 2. The lowest BCUT2D eigenvalue weighted by Gasteiger charge is -2.44. The number of aromatic nitrogens is 2. The Morgan fingerprint density at radius 1 is 1.38 bits per heavy atom. The van der Waals surface area contributed by atoms with Crippen molar-refractivity contribution < 1.29 is 4.79 Å². The molecule has 114 valence electrons. The number of anilines is 1. The second kappa shape index (κ2) is 6.39. The number of hydrogen-bond donors (Lipinski definition) is 2. The molecule has 0 aromatic carbocycles. The summed E-state index contributed by atoms with van der Waals surface area (Å²) in [6.45, 7) is 6.24. The fourth-order valence-electron chi connectivity index (χ4n) is 3.18. The summed E-state index contributed by atoms with van der Waals surface area (Å²) in [6, 6.07) is 0.258. The van der Waals surface area contributed by atoms with Crippen LogP contribution in [0.15, 0.2) is 12.4 Å². The zero-order chi connectivity index (χ0) is 14.7. The Hall–Kier alpha value is -1.69. The summed E-state index contributed by atoms with van der Waals surface area (Å²) in [5.41, 5.74) is 0.396. The van der Waals surface area contributed by atoms with Gasteiger partial charge in [-0.25, -0.2) is 4.98 Å². The lowest BCUT2D eigenvalue weighted by atomic mass is 9.84. The Kier molecular flexibility index (Phi) is 4.34. The fourth-order valence-corrected chi connectivity index (χ4v) is 3.18. The summed E-state index contributed by atoms with van der Waals surface area (Å²) >= 11 is 0. The van der Waals surface area contributed by atoms with Crippen LogP contribution in [0.4, 0.5) is 5.82 Å². The predicted molar refractivity (Wildman–Crippen MR) is 81.2 cm³/mol. The number of nitrogens with zero attached hydrogens (tertiary/aromatic N) is 3.